The molecule has 1 unspecified atom stereocenters. The SMILES string of the molecule is C[C@H](O)C(O)P(c1ccccc1)c1ccccc1. The lowest BCUT2D eigenvalue weighted by molar-refractivity contribution is 0.0848. The van der Waals surface area contributed by atoms with Crippen molar-refractivity contribution < 1.29 is 10.2 Å². The number of hydrogen-bond donors (Lipinski definition) is 2. The average molecular weight is 260 g/mol. The molecule has 2 aromatic carbocycles. The van der Waals surface area contributed by atoms with E-state index in [0.29, 0.717) is 0 Å². The molecule has 0 aliphatic heterocycles. The van der Waals surface area contributed by atoms with Gasteiger partial charge >= 0.3 is 0 Å². The summed E-state index contributed by atoms with van der Waals surface area (Å²) in [7, 11) is -0.946. The maximum absolute atomic E-state index is 10.3. The number of aliphatic hydroxyl groups excluding tert-OH is 2. The maximum atomic E-state index is 10.3. The highest BCUT2D eigenvalue weighted by molar-refractivity contribution is 7.73. The fourth-order valence-electron chi connectivity index (χ4n) is 1.85. The van der Waals surface area contributed by atoms with Crippen molar-refractivity contribution in [1.29, 1.82) is 0 Å². The summed E-state index contributed by atoms with van der Waals surface area (Å²) < 4.78 is 0. The third-order valence-corrected chi connectivity index (χ3v) is 5.43. The van der Waals surface area contributed by atoms with Crippen molar-refractivity contribution in [2.24, 2.45) is 0 Å². The molecule has 0 radical (unpaired) electrons. The largest absolute Gasteiger partial charge is 0.390 e. The Morgan fingerprint density at radius 1 is 0.778 bits per heavy atom. The topological polar surface area (TPSA) is 40.5 Å². The summed E-state index contributed by atoms with van der Waals surface area (Å²) in [6, 6.07) is 19.8. The van der Waals surface area contributed by atoms with Gasteiger partial charge in [-0.3, -0.25) is 0 Å². The van der Waals surface area contributed by atoms with Crippen LogP contribution < -0.4 is 10.6 Å². The second kappa shape index (κ2) is 6.10. The molecule has 2 atom stereocenters. The van der Waals surface area contributed by atoms with Gasteiger partial charge in [0.1, 0.15) is 5.85 Å². The van der Waals surface area contributed by atoms with Crippen molar-refractivity contribution in [3.63, 3.8) is 0 Å². The van der Waals surface area contributed by atoms with Gasteiger partial charge in [0.25, 0.3) is 0 Å². The van der Waals surface area contributed by atoms with Gasteiger partial charge in [-0.25, -0.2) is 0 Å². The molecule has 0 amide bonds. The van der Waals surface area contributed by atoms with Gasteiger partial charge in [-0.2, -0.15) is 0 Å². The molecule has 0 aliphatic rings. The van der Waals surface area contributed by atoms with Gasteiger partial charge in [-0.1, -0.05) is 60.7 Å². The summed E-state index contributed by atoms with van der Waals surface area (Å²) in [6.45, 7) is 1.63. The van der Waals surface area contributed by atoms with Crippen LogP contribution >= 0.6 is 7.92 Å². The van der Waals surface area contributed by atoms with Gasteiger partial charge in [-0.05, 0) is 25.5 Å². The lowest BCUT2D eigenvalue weighted by Crippen LogP contribution is -2.29. The second-order valence-corrected chi connectivity index (χ2v) is 6.50. The summed E-state index contributed by atoms with van der Waals surface area (Å²) in [5.41, 5.74) is 0. The van der Waals surface area contributed by atoms with E-state index in [4.69, 9.17) is 0 Å². The third kappa shape index (κ3) is 2.97. The molecule has 0 fully saturated rings. The van der Waals surface area contributed by atoms with Crippen LogP contribution in [0.3, 0.4) is 0 Å². The van der Waals surface area contributed by atoms with E-state index in [-0.39, 0.29) is 0 Å². The monoisotopic (exact) mass is 260 g/mol. The van der Waals surface area contributed by atoms with Crippen LogP contribution in [0.15, 0.2) is 60.7 Å². The fraction of sp³-hybridized carbons (Fsp3) is 0.200. The van der Waals surface area contributed by atoms with E-state index < -0.39 is 19.9 Å². The molecule has 2 aromatic rings. The molecule has 2 N–H and O–H groups in total. The lowest BCUT2D eigenvalue weighted by Gasteiger charge is -2.26. The Kier molecular flexibility index (Phi) is 4.48. The molecule has 0 aliphatic carbocycles. The van der Waals surface area contributed by atoms with Crippen molar-refractivity contribution >= 4 is 18.5 Å². The van der Waals surface area contributed by atoms with Gasteiger partial charge < -0.3 is 10.2 Å². The van der Waals surface area contributed by atoms with Gasteiger partial charge in [0.05, 0.1) is 6.10 Å². The second-order valence-electron chi connectivity index (χ2n) is 4.20. The Hall–Kier alpha value is -1.21. The molecule has 18 heavy (non-hydrogen) atoms. The van der Waals surface area contributed by atoms with Gasteiger partial charge in [0.2, 0.25) is 0 Å². The first-order valence-corrected chi connectivity index (χ1v) is 7.36. The highest BCUT2D eigenvalue weighted by atomic mass is 31.1. The Balaban J connectivity index is 2.42. The van der Waals surface area contributed by atoms with Gasteiger partial charge in [0, 0.05) is 0 Å². The molecule has 2 nitrogen and oxygen atoms in total. The van der Waals surface area contributed by atoms with Crippen molar-refractivity contribution in [1.82, 2.24) is 0 Å². The first-order chi connectivity index (χ1) is 8.70. The number of rotatable bonds is 4. The van der Waals surface area contributed by atoms with Crippen molar-refractivity contribution in [2.45, 2.75) is 18.9 Å². The van der Waals surface area contributed by atoms with E-state index in [1.165, 1.54) is 0 Å². The van der Waals surface area contributed by atoms with Crippen LogP contribution in [-0.2, 0) is 0 Å². The van der Waals surface area contributed by atoms with E-state index in [1.807, 2.05) is 60.7 Å². The smallest absolute Gasteiger partial charge is 0.107 e. The van der Waals surface area contributed by atoms with Crippen LogP contribution in [-0.4, -0.2) is 22.2 Å². The molecule has 2 rings (SSSR count). The molecule has 0 bridgehead atoms. The number of aliphatic hydroxyl groups is 2. The molecule has 94 valence electrons. The van der Waals surface area contributed by atoms with E-state index in [2.05, 4.69) is 0 Å². The standard InChI is InChI=1S/C15H17O2P/c1-12(16)15(17)18(13-8-4-2-5-9-13)14-10-6-3-7-11-14/h2-12,15-17H,1H3/t12-,15?/m0/s1. The molecular formula is C15H17O2P. The molecule has 3 heteroatoms. The molecule has 0 saturated carbocycles. The summed E-state index contributed by atoms with van der Waals surface area (Å²) in [5.74, 6) is -0.746. The first kappa shape index (κ1) is 13.2. The van der Waals surface area contributed by atoms with E-state index in [0.717, 1.165) is 10.6 Å². The zero-order valence-electron chi connectivity index (χ0n) is 10.3. The zero-order chi connectivity index (χ0) is 13.0. The Bertz CT molecular complexity index is 431. The van der Waals surface area contributed by atoms with Gasteiger partial charge in [0.15, 0.2) is 0 Å². The Morgan fingerprint density at radius 2 is 1.17 bits per heavy atom. The van der Waals surface area contributed by atoms with E-state index >= 15 is 0 Å². The summed E-state index contributed by atoms with van der Waals surface area (Å²) in [4.78, 5) is 0. The summed E-state index contributed by atoms with van der Waals surface area (Å²) in [5, 5.41) is 22.1. The predicted molar refractivity (Wildman–Crippen MR) is 76.8 cm³/mol. The number of benzene rings is 2. The molecular weight excluding hydrogens is 243 g/mol. The highest BCUT2D eigenvalue weighted by Crippen LogP contribution is 2.39. The minimum atomic E-state index is -0.946. The van der Waals surface area contributed by atoms with E-state index in [9.17, 15) is 10.2 Å². The van der Waals surface area contributed by atoms with Crippen LogP contribution in [0.2, 0.25) is 0 Å². The normalized spacial score (nSPS) is 14.4. The first-order valence-electron chi connectivity index (χ1n) is 5.95. The molecule has 0 aromatic heterocycles. The molecule has 0 spiro atoms. The van der Waals surface area contributed by atoms with Crippen LogP contribution in [0.25, 0.3) is 0 Å². The van der Waals surface area contributed by atoms with Crippen molar-refractivity contribution in [2.75, 3.05) is 0 Å². The Labute approximate surface area is 109 Å². The van der Waals surface area contributed by atoms with Crippen molar-refractivity contribution in [3.8, 4) is 0 Å². The average Bonchev–Trinajstić information content (AvgIpc) is 2.41. The van der Waals surface area contributed by atoms with Crippen LogP contribution in [0.5, 0.6) is 0 Å². The Morgan fingerprint density at radius 3 is 1.50 bits per heavy atom. The molecule has 0 heterocycles. The number of hydrogen-bond acceptors (Lipinski definition) is 2. The van der Waals surface area contributed by atoms with Crippen LogP contribution in [0, 0.1) is 0 Å². The quantitative estimate of drug-likeness (QED) is 0.823. The zero-order valence-corrected chi connectivity index (χ0v) is 11.2. The van der Waals surface area contributed by atoms with Crippen LogP contribution in [0.1, 0.15) is 6.92 Å². The van der Waals surface area contributed by atoms with E-state index in [1.54, 1.807) is 6.92 Å². The summed E-state index contributed by atoms with van der Waals surface area (Å²) >= 11 is 0. The predicted octanol–water partition coefficient (Wildman–Crippen LogP) is 1.82. The minimum Gasteiger partial charge on any atom is -0.390 e. The fourth-order valence-corrected chi connectivity index (χ4v) is 4.17. The van der Waals surface area contributed by atoms with Gasteiger partial charge in [-0.15, -0.1) is 0 Å². The highest BCUT2D eigenvalue weighted by Gasteiger charge is 2.25. The minimum absolute atomic E-state index is 0.739. The maximum Gasteiger partial charge on any atom is 0.107 e. The molecule has 0 saturated heterocycles. The van der Waals surface area contributed by atoms with Crippen LogP contribution in [0.4, 0.5) is 0 Å². The third-order valence-electron chi connectivity index (χ3n) is 2.76. The van der Waals surface area contributed by atoms with Crippen molar-refractivity contribution in [3.05, 3.63) is 60.7 Å². The summed E-state index contributed by atoms with van der Waals surface area (Å²) in [6.07, 6.45) is -0.739. The lowest BCUT2D eigenvalue weighted by atomic mass is 10.4.